The Bertz CT molecular complexity index is 865. The zero-order valence-corrected chi connectivity index (χ0v) is 13.6. The minimum absolute atomic E-state index is 0.363. The van der Waals surface area contributed by atoms with Crippen molar-refractivity contribution in [1.82, 2.24) is 9.97 Å². The summed E-state index contributed by atoms with van der Waals surface area (Å²) in [5.74, 6) is 1.08. The molecular weight excluding hydrogens is 310 g/mol. The average molecular weight is 326 g/mol. The van der Waals surface area contributed by atoms with Gasteiger partial charge >= 0.3 is 0 Å². The van der Waals surface area contributed by atoms with Crippen molar-refractivity contribution in [2.45, 2.75) is 6.92 Å². The van der Waals surface area contributed by atoms with E-state index < -0.39 is 0 Å². The molecule has 0 amide bonds. The van der Waals surface area contributed by atoms with E-state index in [1.54, 1.807) is 19.4 Å². The van der Waals surface area contributed by atoms with Gasteiger partial charge < -0.3 is 10.5 Å². The van der Waals surface area contributed by atoms with Gasteiger partial charge in [-0.25, -0.2) is 4.98 Å². The molecule has 1 aromatic carbocycles. The molecular formula is C18H16ClN3O. The summed E-state index contributed by atoms with van der Waals surface area (Å²) in [5.41, 5.74) is 10.5. The third-order valence-corrected chi connectivity index (χ3v) is 3.80. The van der Waals surface area contributed by atoms with Crippen molar-refractivity contribution in [3.63, 3.8) is 0 Å². The van der Waals surface area contributed by atoms with Gasteiger partial charge in [0.15, 0.2) is 0 Å². The van der Waals surface area contributed by atoms with Gasteiger partial charge in [0.1, 0.15) is 16.7 Å². The largest absolute Gasteiger partial charge is 0.495 e. The van der Waals surface area contributed by atoms with Gasteiger partial charge in [-0.05, 0) is 42.8 Å². The number of nitrogen functional groups attached to an aromatic ring is 1. The minimum Gasteiger partial charge on any atom is -0.495 e. The molecule has 2 heterocycles. The zero-order valence-electron chi connectivity index (χ0n) is 12.9. The Balaban J connectivity index is 2.22. The first kappa shape index (κ1) is 15.3. The second-order valence-corrected chi connectivity index (χ2v) is 5.56. The number of anilines is 1. The molecule has 0 bridgehead atoms. The molecule has 0 unspecified atom stereocenters. The van der Waals surface area contributed by atoms with E-state index in [4.69, 9.17) is 22.1 Å². The highest BCUT2D eigenvalue weighted by atomic mass is 35.5. The lowest BCUT2D eigenvalue weighted by Crippen LogP contribution is -1.98. The molecule has 0 spiro atoms. The smallest absolute Gasteiger partial charge is 0.136 e. The van der Waals surface area contributed by atoms with Crippen molar-refractivity contribution >= 4 is 17.4 Å². The van der Waals surface area contributed by atoms with Gasteiger partial charge in [0.25, 0.3) is 0 Å². The lowest BCUT2D eigenvalue weighted by atomic mass is 9.99. The van der Waals surface area contributed by atoms with Crippen molar-refractivity contribution in [1.29, 1.82) is 0 Å². The molecule has 0 radical (unpaired) electrons. The van der Waals surface area contributed by atoms with Gasteiger partial charge in [0.05, 0.1) is 12.8 Å². The van der Waals surface area contributed by atoms with Crippen LogP contribution in [0.25, 0.3) is 22.4 Å². The number of nitrogens with two attached hydrogens (primary N) is 1. The first-order chi connectivity index (χ1) is 11.1. The Labute approximate surface area is 139 Å². The Morgan fingerprint density at radius 1 is 1.04 bits per heavy atom. The number of rotatable bonds is 3. The fourth-order valence-corrected chi connectivity index (χ4v) is 2.69. The maximum atomic E-state index is 6.02. The maximum absolute atomic E-state index is 6.02. The number of methoxy groups -OCH3 is 1. The topological polar surface area (TPSA) is 61.0 Å². The van der Waals surface area contributed by atoms with E-state index in [9.17, 15) is 0 Å². The Morgan fingerprint density at radius 3 is 2.52 bits per heavy atom. The van der Waals surface area contributed by atoms with E-state index in [1.165, 1.54) is 0 Å². The van der Waals surface area contributed by atoms with Gasteiger partial charge in [0, 0.05) is 22.9 Å². The molecule has 3 aromatic rings. The minimum atomic E-state index is 0.363. The Kier molecular flexibility index (Phi) is 4.17. The van der Waals surface area contributed by atoms with Gasteiger partial charge in [-0.2, -0.15) is 0 Å². The summed E-state index contributed by atoms with van der Waals surface area (Å²) in [6, 6.07) is 13.4. The van der Waals surface area contributed by atoms with Crippen LogP contribution in [-0.2, 0) is 0 Å². The highest BCUT2D eigenvalue weighted by Crippen LogP contribution is 2.40. The summed E-state index contributed by atoms with van der Waals surface area (Å²) in [6.07, 6.45) is 1.79. The van der Waals surface area contributed by atoms with E-state index in [-0.39, 0.29) is 0 Å². The van der Waals surface area contributed by atoms with E-state index in [0.29, 0.717) is 16.7 Å². The van der Waals surface area contributed by atoms with Crippen LogP contribution < -0.4 is 10.5 Å². The summed E-state index contributed by atoms with van der Waals surface area (Å²) in [7, 11) is 1.64. The second kappa shape index (κ2) is 6.26. The molecule has 4 nitrogen and oxygen atoms in total. The van der Waals surface area contributed by atoms with Gasteiger partial charge in [-0.1, -0.05) is 23.7 Å². The highest BCUT2D eigenvalue weighted by molar-refractivity contribution is 6.29. The predicted octanol–water partition coefficient (Wildman–Crippen LogP) is 4.36. The van der Waals surface area contributed by atoms with E-state index >= 15 is 0 Å². The molecule has 2 N–H and O–H groups in total. The molecule has 0 atom stereocenters. The standard InChI is InChI=1S/C18H16ClN3O/c1-11-8-9-21-15(10-11)14-5-3-4-12(17(14)23-2)13-6-7-16(19)22-18(13)20/h3-10H,1-2H3,(H2,20,22). The molecule has 0 fully saturated rings. The first-order valence-electron chi connectivity index (χ1n) is 7.12. The summed E-state index contributed by atoms with van der Waals surface area (Å²) in [5, 5.41) is 0.363. The summed E-state index contributed by atoms with van der Waals surface area (Å²) >= 11 is 5.89. The Morgan fingerprint density at radius 2 is 1.83 bits per heavy atom. The number of aryl methyl sites for hydroxylation is 1. The van der Waals surface area contributed by atoms with Crippen molar-refractivity contribution in [3.05, 3.63) is 59.4 Å². The normalized spacial score (nSPS) is 10.6. The van der Waals surface area contributed by atoms with Crippen LogP contribution in [0.3, 0.4) is 0 Å². The lowest BCUT2D eigenvalue weighted by Gasteiger charge is -2.15. The van der Waals surface area contributed by atoms with Crippen molar-refractivity contribution in [3.8, 4) is 28.1 Å². The molecule has 116 valence electrons. The van der Waals surface area contributed by atoms with Crippen LogP contribution in [0.15, 0.2) is 48.7 Å². The highest BCUT2D eigenvalue weighted by Gasteiger charge is 2.15. The third kappa shape index (κ3) is 2.98. The van der Waals surface area contributed by atoms with Gasteiger partial charge in [0.2, 0.25) is 0 Å². The third-order valence-electron chi connectivity index (χ3n) is 3.59. The number of benzene rings is 1. The summed E-state index contributed by atoms with van der Waals surface area (Å²) < 4.78 is 5.65. The molecule has 0 saturated carbocycles. The van der Waals surface area contributed by atoms with Crippen LogP contribution in [0.1, 0.15) is 5.56 Å². The first-order valence-corrected chi connectivity index (χ1v) is 7.50. The van der Waals surface area contributed by atoms with Crippen LogP contribution in [0.5, 0.6) is 5.75 Å². The number of nitrogens with zero attached hydrogens (tertiary/aromatic N) is 2. The number of para-hydroxylation sites is 1. The van der Waals surface area contributed by atoms with E-state index in [0.717, 1.165) is 27.9 Å². The fourth-order valence-electron chi connectivity index (χ4n) is 2.53. The van der Waals surface area contributed by atoms with E-state index in [2.05, 4.69) is 9.97 Å². The van der Waals surface area contributed by atoms with Crippen LogP contribution >= 0.6 is 11.6 Å². The zero-order chi connectivity index (χ0) is 16.4. The van der Waals surface area contributed by atoms with Crippen LogP contribution in [-0.4, -0.2) is 17.1 Å². The molecule has 0 saturated heterocycles. The fraction of sp³-hybridized carbons (Fsp3) is 0.111. The predicted molar refractivity (Wildman–Crippen MR) is 93.6 cm³/mol. The SMILES string of the molecule is COc1c(-c2cc(C)ccn2)cccc1-c1ccc(Cl)nc1N. The summed E-state index contributed by atoms with van der Waals surface area (Å²) in [6.45, 7) is 2.03. The number of pyridine rings is 2. The molecule has 0 aliphatic rings. The second-order valence-electron chi connectivity index (χ2n) is 5.17. The number of hydrogen-bond acceptors (Lipinski definition) is 4. The molecule has 5 heteroatoms. The average Bonchev–Trinajstić information content (AvgIpc) is 2.54. The maximum Gasteiger partial charge on any atom is 0.136 e. The molecule has 0 aliphatic carbocycles. The molecule has 0 aliphatic heterocycles. The van der Waals surface area contributed by atoms with Crippen molar-refractivity contribution in [2.24, 2.45) is 0 Å². The van der Waals surface area contributed by atoms with Crippen molar-refractivity contribution < 1.29 is 4.74 Å². The van der Waals surface area contributed by atoms with Crippen LogP contribution in [0.2, 0.25) is 5.15 Å². The quantitative estimate of drug-likeness (QED) is 0.727. The monoisotopic (exact) mass is 325 g/mol. The van der Waals surface area contributed by atoms with Crippen LogP contribution in [0, 0.1) is 6.92 Å². The van der Waals surface area contributed by atoms with Gasteiger partial charge in [-0.3, -0.25) is 4.98 Å². The summed E-state index contributed by atoms with van der Waals surface area (Å²) in [4.78, 5) is 8.56. The number of ether oxygens (including phenoxy) is 1. The molecule has 3 rings (SSSR count). The lowest BCUT2D eigenvalue weighted by molar-refractivity contribution is 0.418. The molecule has 23 heavy (non-hydrogen) atoms. The van der Waals surface area contributed by atoms with Crippen molar-refractivity contribution in [2.75, 3.05) is 12.8 Å². The Hall–Kier alpha value is -2.59. The van der Waals surface area contributed by atoms with Gasteiger partial charge in [-0.15, -0.1) is 0 Å². The van der Waals surface area contributed by atoms with E-state index in [1.807, 2.05) is 43.3 Å². The molecule has 2 aromatic heterocycles. The van der Waals surface area contributed by atoms with Crippen LogP contribution in [0.4, 0.5) is 5.82 Å². The number of halogens is 1. The number of hydrogen-bond donors (Lipinski definition) is 1. The number of aromatic nitrogens is 2.